The fraction of sp³-hybridized carbons (Fsp3) is 0.520. The van der Waals surface area contributed by atoms with Gasteiger partial charge in [0.1, 0.15) is 23.0 Å². The normalized spacial score (nSPS) is 18.8. The standard InChI is InChI=1S/C50H68N2O2/c1-6-7-8-9-10-11-12-13-14-39-15-17-40(18-16-39)41-27-29-50(30-28-41,42-31-35(2)48(36(3)32-42)53-46-23-19-44(51)20-24-46)43-33-37(4)49(38(5)34-43)54-47-25-21-45(52)22-26-47/h19-26,31-34,39-41H,6-18,27-30,51-52H2,1-5H3. The Morgan fingerprint density at radius 3 is 1.33 bits per heavy atom. The highest BCUT2D eigenvalue weighted by Gasteiger charge is 2.42. The zero-order valence-electron chi connectivity index (χ0n) is 34.2. The average Bonchev–Trinajstić information content (AvgIpc) is 3.17. The Kier molecular flexibility index (Phi) is 13.7. The summed E-state index contributed by atoms with van der Waals surface area (Å²) in [5.74, 6) is 6.18. The van der Waals surface area contributed by atoms with Crippen molar-refractivity contribution in [2.24, 2.45) is 17.8 Å². The SMILES string of the molecule is CCCCCCCCCCC1CCC(C2CCC(c3cc(C)c(Oc4ccc(N)cc4)c(C)c3)(c3cc(C)c(Oc4ccc(N)cc4)c(C)c3)CC2)CC1. The molecule has 2 aliphatic carbocycles. The van der Waals surface area contributed by atoms with E-state index in [1.54, 1.807) is 0 Å². The summed E-state index contributed by atoms with van der Waals surface area (Å²) in [6.45, 7) is 11.1. The molecule has 54 heavy (non-hydrogen) atoms. The second-order valence-electron chi connectivity index (χ2n) is 17.2. The average molecular weight is 729 g/mol. The molecule has 4 aromatic carbocycles. The maximum Gasteiger partial charge on any atom is 0.133 e. The molecule has 0 spiro atoms. The second-order valence-corrected chi connectivity index (χ2v) is 17.2. The van der Waals surface area contributed by atoms with Gasteiger partial charge in [-0.2, -0.15) is 0 Å². The summed E-state index contributed by atoms with van der Waals surface area (Å²) in [5.41, 5.74) is 20.9. The predicted octanol–water partition coefficient (Wildman–Crippen LogP) is 14.5. The summed E-state index contributed by atoms with van der Waals surface area (Å²) in [6, 6.07) is 25.1. The highest BCUT2D eigenvalue weighted by molar-refractivity contribution is 5.55. The van der Waals surface area contributed by atoms with Crippen molar-refractivity contribution < 1.29 is 9.47 Å². The molecule has 4 aromatic rings. The number of anilines is 2. The van der Waals surface area contributed by atoms with Crippen LogP contribution in [0.3, 0.4) is 0 Å². The van der Waals surface area contributed by atoms with Crippen LogP contribution in [0.25, 0.3) is 0 Å². The highest BCUT2D eigenvalue weighted by atomic mass is 16.5. The number of rotatable bonds is 16. The number of hydrogen-bond donors (Lipinski definition) is 2. The summed E-state index contributed by atoms with van der Waals surface area (Å²) in [4.78, 5) is 0. The van der Waals surface area contributed by atoms with Gasteiger partial charge in [0.2, 0.25) is 0 Å². The summed E-state index contributed by atoms with van der Waals surface area (Å²) >= 11 is 0. The van der Waals surface area contributed by atoms with Crippen LogP contribution in [0.5, 0.6) is 23.0 Å². The third-order valence-electron chi connectivity index (χ3n) is 13.1. The molecule has 2 aliphatic rings. The molecule has 4 nitrogen and oxygen atoms in total. The summed E-state index contributed by atoms with van der Waals surface area (Å²) in [7, 11) is 0. The van der Waals surface area contributed by atoms with Crippen molar-refractivity contribution in [1.82, 2.24) is 0 Å². The third-order valence-corrected chi connectivity index (χ3v) is 13.1. The first-order valence-electron chi connectivity index (χ1n) is 21.5. The fourth-order valence-electron chi connectivity index (χ4n) is 9.95. The van der Waals surface area contributed by atoms with Crippen molar-refractivity contribution in [2.75, 3.05) is 11.5 Å². The van der Waals surface area contributed by atoms with Gasteiger partial charge in [-0.25, -0.2) is 0 Å². The van der Waals surface area contributed by atoms with Crippen LogP contribution in [0.1, 0.15) is 149 Å². The molecule has 290 valence electrons. The van der Waals surface area contributed by atoms with E-state index < -0.39 is 0 Å². The molecule has 0 aliphatic heterocycles. The van der Waals surface area contributed by atoms with E-state index >= 15 is 0 Å². The molecule has 0 atom stereocenters. The Balaban J connectivity index is 1.18. The molecule has 0 radical (unpaired) electrons. The minimum absolute atomic E-state index is 0.0608. The van der Waals surface area contributed by atoms with Gasteiger partial charge < -0.3 is 20.9 Å². The number of ether oxygens (including phenoxy) is 2. The lowest BCUT2D eigenvalue weighted by Gasteiger charge is -2.45. The predicted molar refractivity (Wildman–Crippen MR) is 229 cm³/mol. The Bertz CT molecular complexity index is 1630. The molecule has 4 heteroatoms. The fourth-order valence-corrected chi connectivity index (χ4v) is 9.95. The van der Waals surface area contributed by atoms with Crippen molar-refractivity contribution in [2.45, 2.75) is 149 Å². The highest BCUT2D eigenvalue weighted by Crippen LogP contribution is 2.52. The zero-order chi connectivity index (χ0) is 38.1. The van der Waals surface area contributed by atoms with E-state index in [-0.39, 0.29) is 5.41 Å². The van der Waals surface area contributed by atoms with Gasteiger partial charge in [0.05, 0.1) is 0 Å². The lowest BCUT2D eigenvalue weighted by molar-refractivity contribution is 0.140. The van der Waals surface area contributed by atoms with E-state index in [0.29, 0.717) is 0 Å². The van der Waals surface area contributed by atoms with Crippen LogP contribution in [0.4, 0.5) is 11.4 Å². The molecular weight excluding hydrogens is 661 g/mol. The number of benzene rings is 4. The molecule has 2 fully saturated rings. The topological polar surface area (TPSA) is 70.5 Å². The molecule has 0 bridgehead atoms. The van der Waals surface area contributed by atoms with E-state index in [2.05, 4.69) is 58.9 Å². The largest absolute Gasteiger partial charge is 0.457 e. The van der Waals surface area contributed by atoms with Crippen LogP contribution < -0.4 is 20.9 Å². The van der Waals surface area contributed by atoms with Gasteiger partial charge in [-0.1, -0.05) is 102 Å². The summed E-state index contributed by atoms with van der Waals surface area (Å²) in [5, 5.41) is 0. The molecule has 0 unspecified atom stereocenters. The number of nitrogens with two attached hydrogens (primary N) is 2. The number of unbranched alkanes of at least 4 members (excludes halogenated alkanes) is 7. The number of nitrogen functional groups attached to an aromatic ring is 2. The van der Waals surface area contributed by atoms with E-state index in [4.69, 9.17) is 20.9 Å². The Hall–Kier alpha value is -3.92. The monoisotopic (exact) mass is 729 g/mol. The molecule has 4 N–H and O–H groups in total. The van der Waals surface area contributed by atoms with Crippen molar-refractivity contribution in [3.8, 4) is 23.0 Å². The first-order valence-corrected chi connectivity index (χ1v) is 21.5. The van der Waals surface area contributed by atoms with Crippen molar-refractivity contribution in [1.29, 1.82) is 0 Å². The van der Waals surface area contributed by atoms with Crippen molar-refractivity contribution in [3.63, 3.8) is 0 Å². The molecule has 0 aromatic heterocycles. The van der Waals surface area contributed by atoms with Crippen LogP contribution in [0.2, 0.25) is 0 Å². The van der Waals surface area contributed by atoms with Crippen molar-refractivity contribution in [3.05, 3.63) is 106 Å². The first kappa shape index (κ1) is 39.8. The lowest BCUT2D eigenvalue weighted by atomic mass is 9.59. The van der Waals surface area contributed by atoms with Gasteiger partial charge in [0.15, 0.2) is 0 Å². The molecule has 0 heterocycles. The maximum atomic E-state index is 6.47. The van der Waals surface area contributed by atoms with Crippen LogP contribution >= 0.6 is 0 Å². The Morgan fingerprint density at radius 2 is 0.907 bits per heavy atom. The van der Waals surface area contributed by atoms with E-state index in [1.165, 1.54) is 143 Å². The third kappa shape index (κ3) is 9.84. The van der Waals surface area contributed by atoms with Gasteiger partial charge in [0, 0.05) is 16.8 Å². The Morgan fingerprint density at radius 1 is 0.519 bits per heavy atom. The van der Waals surface area contributed by atoms with Crippen LogP contribution in [0.15, 0.2) is 72.8 Å². The second kappa shape index (κ2) is 18.6. The van der Waals surface area contributed by atoms with E-state index in [9.17, 15) is 0 Å². The maximum absolute atomic E-state index is 6.47. The molecule has 0 saturated heterocycles. The van der Waals surface area contributed by atoms with Gasteiger partial charge in [-0.05, 0) is 166 Å². The minimum atomic E-state index is -0.0608. The van der Waals surface area contributed by atoms with Crippen LogP contribution in [-0.2, 0) is 5.41 Å². The molecule has 2 saturated carbocycles. The summed E-state index contributed by atoms with van der Waals surface area (Å²) in [6.07, 6.45) is 23.5. The lowest BCUT2D eigenvalue weighted by Crippen LogP contribution is -2.36. The molecule has 6 rings (SSSR count). The minimum Gasteiger partial charge on any atom is -0.457 e. The van der Waals surface area contributed by atoms with Crippen molar-refractivity contribution >= 4 is 11.4 Å². The van der Waals surface area contributed by atoms with Crippen LogP contribution in [-0.4, -0.2) is 0 Å². The summed E-state index contributed by atoms with van der Waals surface area (Å²) < 4.78 is 12.9. The molecule has 0 amide bonds. The molecular formula is C50H68N2O2. The van der Waals surface area contributed by atoms with E-state index in [0.717, 1.165) is 52.1 Å². The van der Waals surface area contributed by atoms with Gasteiger partial charge in [0.25, 0.3) is 0 Å². The van der Waals surface area contributed by atoms with Gasteiger partial charge >= 0.3 is 0 Å². The van der Waals surface area contributed by atoms with Gasteiger partial charge in [-0.3, -0.25) is 0 Å². The number of hydrogen-bond acceptors (Lipinski definition) is 4. The first-order chi connectivity index (χ1) is 26.1. The Labute approximate surface area is 327 Å². The smallest absolute Gasteiger partial charge is 0.133 e. The van der Waals surface area contributed by atoms with Crippen LogP contribution in [0, 0.1) is 45.4 Å². The number of aryl methyl sites for hydroxylation is 4. The van der Waals surface area contributed by atoms with Gasteiger partial charge in [-0.15, -0.1) is 0 Å². The zero-order valence-corrected chi connectivity index (χ0v) is 34.2. The quantitative estimate of drug-likeness (QED) is 0.0890. The van der Waals surface area contributed by atoms with E-state index in [1.807, 2.05) is 48.5 Å².